The molecule has 2 aliphatic rings. The third-order valence-corrected chi connectivity index (χ3v) is 7.93. The maximum absolute atomic E-state index is 13.4. The minimum Gasteiger partial charge on any atom is -0.543 e. The number of oxime groups is 1. The molecule has 3 N–H and O–H groups in total. The van der Waals surface area contributed by atoms with E-state index in [2.05, 4.69) is 15.5 Å². The number of esters is 1. The number of carboxylic acid groups (broad SMARTS) is 1. The summed E-state index contributed by atoms with van der Waals surface area (Å²) in [6, 6.07) is 4.41. The molecule has 2 aromatic heterocycles. The van der Waals surface area contributed by atoms with Gasteiger partial charge in [-0.2, -0.15) is 0 Å². The van der Waals surface area contributed by atoms with E-state index in [0.29, 0.717) is 11.3 Å². The molecule has 4 rings (SSSR count). The highest BCUT2D eigenvalue weighted by atomic mass is 32.2. The number of nitrogens with two attached hydrogens (primary N) is 1. The molecule has 0 radical (unpaired) electrons. The van der Waals surface area contributed by atoms with E-state index in [1.807, 2.05) is 18.2 Å². The van der Waals surface area contributed by atoms with Gasteiger partial charge in [-0.1, -0.05) is 11.2 Å². The van der Waals surface area contributed by atoms with Gasteiger partial charge < -0.3 is 30.5 Å². The van der Waals surface area contributed by atoms with Crippen LogP contribution in [0.1, 0.15) is 40.3 Å². The number of hydrogen-bond acceptors (Lipinski definition) is 12. The lowest BCUT2D eigenvalue weighted by molar-refractivity contribution is -0.689. The number of thioether (sulfide) groups is 1. The van der Waals surface area contributed by atoms with E-state index >= 15 is 0 Å². The fraction of sp³-hybridized carbons (Fsp3) is 0.423. The first-order valence-electron chi connectivity index (χ1n) is 12.5. The summed E-state index contributed by atoms with van der Waals surface area (Å²) in [5.74, 6) is -3.31. The van der Waals surface area contributed by atoms with E-state index in [0.717, 1.165) is 16.2 Å². The number of nitrogen functional groups attached to an aromatic ring is 1. The van der Waals surface area contributed by atoms with Crippen molar-refractivity contribution in [2.75, 3.05) is 11.5 Å². The molecule has 15 heteroatoms. The zero-order valence-electron chi connectivity index (χ0n) is 23.1. The Labute approximate surface area is 244 Å². The Morgan fingerprint density at radius 1 is 1.22 bits per heavy atom. The van der Waals surface area contributed by atoms with E-state index in [4.69, 9.17) is 15.3 Å². The molecule has 4 heterocycles. The number of pyridine rings is 1. The summed E-state index contributed by atoms with van der Waals surface area (Å²) in [5, 5.41) is 19.6. The molecule has 2 aromatic rings. The van der Waals surface area contributed by atoms with E-state index < -0.39 is 46.4 Å². The van der Waals surface area contributed by atoms with Gasteiger partial charge in [-0.3, -0.25) is 14.5 Å². The highest BCUT2D eigenvalue weighted by Gasteiger charge is 2.53. The monoisotopic (exact) mass is 602 g/mol. The Bertz CT molecular complexity index is 1430. The average Bonchev–Trinajstić information content (AvgIpc) is 3.32. The molecule has 1 fully saturated rings. The number of rotatable bonds is 9. The van der Waals surface area contributed by atoms with Gasteiger partial charge in [-0.25, -0.2) is 14.3 Å². The first kappa shape index (κ1) is 30.0. The zero-order chi connectivity index (χ0) is 30.1. The summed E-state index contributed by atoms with van der Waals surface area (Å²) in [7, 11) is 0. The molecule has 2 atom stereocenters. The standard InChI is InChI=1S/C26H30N6O7S2/c1-25(2,3)38-23(37)26(4,5)39-30-16(15-13-41-24(27)28-15)19(33)29-17-20(34)32-18(22(35)36)14(12-40-21(17)32)11-31-9-7-6-8-10-31/h6-10,13,17,21H,11-12H2,1-5H3,(H3-,27,28,29,33,35,36)/b30-16-/t17-,21-/m1/s1. The van der Waals surface area contributed by atoms with Crippen LogP contribution in [0.25, 0.3) is 0 Å². The number of nitrogens with one attached hydrogen (secondary N) is 1. The van der Waals surface area contributed by atoms with Gasteiger partial charge in [0.05, 0.1) is 11.7 Å². The molecule has 0 unspecified atom stereocenters. The first-order valence-corrected chi connectivity index (χ1v) is 14.4. The number of β-lactam (4-membered cyclic amide) rings is 1. The van der Waals surface area contributed by atoms with Crippen molar-refractivity contribution >= 4 is 57.7 Å². The van der Waals surface area contributed by atoms with Crippen LogP contribution >= 0.6 is 23.1 Å². The second-order valence-corrected chi connectivity index (χ2v) is 12.8. The maximum Gasteiger partial charge on any atom is 0.353 e. The number of aliphatic carboxylic acids is 1. The lowest BCUT2D eigenvalue weighted by Gasteiger charge is -2.50. The topological polar surface area (TPSA) is 180 Å². The highest BCUT2D eigenvalue weighted by molar-refractivity contribution is 8.00. The molecule has 41 heavy (non-hydrogen) atoms. The van der Waals surface area contributed by atoms with Crippen LogP contribution in [0.2, 0.25) is 0 Å². The average molecular weight is 603 g/mol. The molecule has 0 bridgehead atoms. The van der Waals surface area contributed by atoms with Gasteiger partial charge in [-0.05, 0) is 34.6 Å². The Balaban J connectivity index is 1.54. The van der Waals surface area contributed by atoms with Gasteiger partial charge in [0.15, 0.2) is 29.8 Å². The Hall–Kier alpha value is -3.98. The SMILES string of the molecule is CC(C)(C)OC(=O)C(C)(C)O/N=C(\C(=O)N[C@@H]1C(=O)N2C(C(=O)[O-])=C(C[n+]3ccccc3)CS[C@H]12)c1csc(N)n1. The number of hydrogen-bond donors (Lipinski definition) is 2. The summed E-state index contributed by atoms with van der Waals surface area (Å²) >= 11 is 2.37. The number of anilines is 1. The number of carboxylic acids is 1. The molecule has 1 saturated heterocycles. The molecule has 2 aliphatic heterocycles. The number of nitrogens with zero attached hydrogens (tertiary/aromatic N) is 4. The molecule has 2 amide bonds. The van der Waals surface area contributed by atoms with Crippen LogP contribution < -0.4 is 20.7 Å². The van der Waals surface area contributed by atoms with Gasteiger partial charge in [-0.15, -0.1) is 23.1 Å². The third kappa shape index (κ3) is 6.68. The molecule has 0 aliphatic carbocycles. The maximum atomic E-state index is 13.4. The second kappa shape index (κ2) is 11.5. The van der Waals surface area contributed by atoms with Crippen LogP contribution in [0.5, 0.6) is 0 Å². The van der Waals surface area contributed by atoms with Crippen molar-refractivity contribution in [2.45, 2.75) is 63.8 Å². The summed E-state index contributed by atoms with van der Waals surface area (Å²) < 4.78 is 7.16. The number of aromatic nitrogens is 2. The molecule has 0 saturated carbocycles. The summed E-state index contributed by atoms with van der Waals surface area (Å²) in [5.41, 5.74) is 3.46. The van der Waals surface area contributed by atoms with Gasteiger partial charge in [0, 0.05) is 28.8 Å². The largest absolute Gasteiger partial charge is 0.543 e. The predicted octanol–water partition coefficient (Wildman–Crippen LogP) is -0.0421. The van der Waals surface area contributed by atoms with Gasteiger partial charge in [0.2, 0.25) is 5.60 Å². The van der Waals surface area contributed by atoms with Crippen molar-refractivity contribution in [3.8, 4) is 0 Å². The van der Waals surface area contributed by atoms with Crippen molar-refractivity contribution in [1.82, 2.24) is 15.2 Å². The zero-order valence-corrected chi connectivity index (χ0v) is 24.7. The van der Waals surface area contributed by atoms with E-state index in [9.17, 15) is 24.3 Å². The molecule has 0 aromatic carbocycles. The molecule has 13 nitrogen and oxygen atoms in total. The van der Waals surface area contributed by atoms with Gasteiger partial charge in [0.25, 0.3) is 11.8 Å². The van der Waals surface area contributed by atoms with Crippen LogP contribution in [-0.4, -0.2) is 67.7 Å². The normalized spacial score (nSPS) is 19.3. The van der Waals surface area contributed by atoms with Crippen molar-refractivity contribution in [3.63, 3.8) is 0 Å². The Kier molecular flexibility index (Phi) is 8.40. The van der Waals surface area contributed by atoms with E-state index in [1.165, 1.54) is 31.0 Å². The van der Waals surface area contributed by atoms with Crippen LogP contribution in [0.3, 0.4) is 0 Å². The van der Waals surface area contributed by atoms with Crippen molar-refractivity contribution in [1.29, 1.82) is 0 Å². The van der Waals surface area contributed by atoms with Crippen molar-refractivity contribution in [2.24, 2.45) is 5.16 Å². The molecule has 218 valence electrons. The number of carbonyl (C=O) groups is 4. The first-order chi connectivity index (χ1) is 19.2. The number of thiazole rings is 1. The Morgan fingerprint density at radius 3 is 2.49 bits per heavy atom. The third-order valence-electron chi connectivity index (χ3n) is 5.91. The number of ether oxygens (including phenoxy) is 1. The summed E-state index contributed by atoms with van der Waals surface area (Å²) in [6.07, 6.45) is 3.58. The lowest BCUT2D eigenvalue weighted by atomic mass is 10.0. The minimum atomic E-state index is -1.57. The Morgan fingerprint density at radius 2 is 1.90 bits per heavy atom. The number of amides is 2. The quantitative estimate of drug-likeness (QED) is 0.130. The second-order valence-electron chi connectivity index (χ2n) is 10.8. The van der Waals surface area contributed by atoms with E-state index in [1.54, 1.807) is 37.7 Å². The van der Waals surface area contributed by atoms with Crippen LogP contribution in [0, 0.1) is 0 Å². The van der Waals surface area contributed by atoms with Gasteiger partial charge >= 0.3 is 5.97 Å². The van der Waals surface area contributed by atoms with E-state index in [-0.39, 0.29) is 28.8 Å². The predicted molar refractivity (Wildman–Crippen MR) is 148 cm³/mol. The minimum absolute atomic E-state index is 0.0717. The number of carbonyl (C=O) groups excluding carboxylic acids is 4. The fourth-order valence-electron chi connectivity index (χ4n) is 3.96. The van der Waals surface area contributed by atoms with Crippen molar-refractivity contribution in [3.05, 3.63) is 52.9 Å². The van der Waals surface area contributed by atoms with Gasteiger partial charge in [0.1, 0.15) is 22.7 Å². The summed E-state index contributed by atoms with van der Waals surface area (Å²) in [6.45, 7) is 8.23. The fourth-order valence-corrected chi connectivity index (χ4v) is 5.84. The van der Waals surface area contributed by atoms with Crippen LogP contribution in [-0.2, 0) is 35.3 Å². The molecular weight excluding hydrogens is 572 g/mol. The molecular formula is C26H30N6O7S2. The lowest BCUT2D eigenvalue weighted by Crippen LogP contribution is -2.71. The van der Waals surface area contributed by atoms with Crippen molar-refractivity contribution < 1.29 is 38.4 Å². The number of fused-ring (bicyclic) bond motifs is 1. The molecule has 0 spiro atoms. The smallest absolute Gasteiger partial charge is 0.353 e. The van der Waals surface area contributed by atoms with Crippen LogP contribution in [0.4, 0.5) is 5.13 Å². The van der Waals surface area contributed by atoms with Crippen LogP contribution in [0.15, 0.2) is 52.4 Å². The highest BCUT2D eigenvalue weighted by Crippen LogP contribution is 2.40. The summed E-state index contributed by atoms with van der Waals surface area (Å²) in [4.78, 5) is 61.9.